The van der Waals surface area contributed by atoms with Crippen LogP contribution in [-0.2, 0) is 4.79 Å². The summed E-state index contributed by atoms with van der Waals surface area (Å²) >= 11 is 0. The summed E-state index contributed by atoms with van der Waals surface area (Å²) in [6.07, 6.45) is 5.40. The Morgan fingerprint density at radius 2 is 1.93 bits per heavy atom. The number of carbonyl (C=O) groups is 1. The summed E-state index contributed by atoms with van der Waals surface area (Å²) < 4.78 is 0. The van der Waals surface area contributed by atoms with Gasteiger partial charge in [0.15, 0.2) is 0 Å². The first kappa shape index (κ1) is 12.5. The van der Waals surface area contributed by atoms with Crippen LogP contribution in [0, 0.1) is 11.3 Å². The zero-order chi connectivity index (χ0) is 11.3. The number of carboxylic acids is 1. The molecule has 4 heteroatoms. The SMILES string of the molecule is NCC1(C(CCO)C(=O)O)CCCCC1. The molecule has 0 spiro atoms. The maximum Gasteiger partial charge on any atom is 0.307 e. The average molecular weight is 215 g/mol. The van der Waals surface area contributed by atoms with Gasteiger partial charge in [-0.25, -0.2) is 0 Å². The highest BCUT2D eigenvalue weighted by molar-refractivity contribution is 5.71. The lowest BCUT2D eigenvalue weighted by molar-refractivity contribution is -0.148. The number of hydrogen-bond acceptors (Lipinski definition) is 3. The van der Waals surface area contributed by atoms with Crippen LogP contribution in [0.3, 0.4) is 0 Å². The minimum absolute atomic E-state index is 0.0707. The standard InChI is InChI=1S/C11H21NO3/c12-8-11(5-2-1-3-6-11)9(4-7-13)10(14)15/h9,13H,1-8,12H2,(H,14,15). The van der Waals surface area contributed by atoms with Gasteiger partial charge in [-0.1, -0.05) is 19.3 Å². The highest BCUT2D eigenvalue weighted by atomic mass is 16.4. The summed E-state index contributed by atoms with van der Waals surface area (Å²) in [6.45, 7) is 0.350. The van der Waals surface area contributed by atoms with Crippen molar-refractivity contribution in [3.63, 3.8) is 0 Å². The third-order valence-electron chi connectivity index (χ3n) is 3.71. The second-order valence-electron chi connectivity index (χ2n) is 4.53. The third kappa shape index (κ3) is 2.69. The number of hydrogen-bond donors (Lipinski definition) is 3. The maximum absolute atomic E-state index is 11.2. The van der Waals surface area contributed by atoms with Gasteiger partial charge in [-0.2, -0.15) is 0 Å². The summed E-state index contributed by atoms with van der Waals surface area (Å²) in [5.41, 5.74) is 5.49. The molecule has 1 aliphatic carbocycles. The molecular weight excluding hydrogens is 194 g/mol. The van der Waals surface area contributed by atoms with Gasteiger partial charge in [0.25, 0.3) is 0 Å². The molecule has 4 N–H and O–H groups in total. The molecule has 4 nitrogen and oxygen atoms in total. The molecule has 0 aromatic carbocycles. The molecule has 0 amide bonds. The van der Waals surface area contributed by atoms with Crippen molar-refractivity contribution in [2.75, 3.05) is 13.2 Å². The Morgan fingerprint density at radius 3 is 2.33 bits per heavy atom. The van der Waals surface area contributed by atoms with Gasteiger partial charge >= 0.3 is 5.97 Å². The molecule has 0 aromatic rings. The van der Waals surface area contributed by atoms with Crippen LogP contribution < -0.4 is 5.73 Å². The molecule has 1 saturated carbocycles. The summed E-state index contributed by atoms with van der Waals surface area (Å²) in [6, 6.07) is 0. The molecule has 1 unspecified atom stereocenters. The Bertz CT molecular complexity index is 212. The Hall–Kier alpha value is -0.610. The lowest BCUT2D eigenvalue weighted by Crippen LogP contribution is -2.43. The topological polar surface area (TPSA) is 83.5 Å². The summed E-state index contributed by atoms with van der Waals surface area (Å²) in [7, 11) is 0. The van der Waals surface area contributed by atoms with Crippen molar-refractivity contribution in [3.05, 3.63) is 0 Å². The van der Waals surface area contributed by atoms with Crippen LogP contribution >= 0.6 is 0 Å². The third-order valence-corrected chi connectivity index (χ3v) is 3.71. The summed E-state index contributed by atoms with van der Waals surface area (Å²) in [5.74, 6) is -1.29. The van der Waals surface area contributed by atoms with Crippen molar-refractivity contribution in [1.29, 1.82) is 0 Å². The minimum Gasteiger partial charge on any atom is -0.481 e. The van der Waals surface area contributed by atoms with E-state index in [2.05, 4.69) is 0 Å². The van der Waals surface area contributed by atoms with E-state index >= 15 is 0 Å². The zero-order valence-corrected chi connectivity index (χ0v) is 9.11. The first-order valence-electron chi connectivity index (χ1n) is 5.70. The quantitative estimate of drug-likeness (QED) is 0.638. The summed E-state index contributed by atoms with van der Waals surface area (Å²) in [4.78, 5) is 11.2. The van der Waals surface area contributed by atoms with Crippen LogP contribution in [0.1, 0.15) is 38.5 Å². The molecule has 88 valence electrons. The highest BCUT2D eigenvalue weighted by Crippen LogP contribution is 2.43. The van der Waals surface area contributed by atoms with Crippen LogP contribution in [0.5, 0.6) is 0 Å². The number of aliphatic carboxylic acids is 1. The van der Waals surface area contributed by atoms with Crippen LogP contribution in [0.2, 0.25) is 0 Å². The van der Waals surface area contributed by atoms with Crippen LogP contribution in [0.15, 0.2) is 0 Å². The molecule has 0 saturated heterocycles. The predicted molar refractivity (Wildman–Crippen MR) is 57.4 cm³/mol. The molecule has 1 rings (SSSR count). The fourth-order valence-corrected chi connectivity index (χ4v) is 2.77. The first-order chi connectivity index (χ1) is 7.16. The molecular formula is C11H21NO3. The lowest BCUT2D eigenvalue weighted by atomic mass is 9.65. The summed E-state index contributed by atoms with van der Waals surface area (Å²) in [5, 5.41) is 18.1. The van der Waals surface area contributed by atoms with E-state index in [0.717, 1.165) is 25.7 Å². The molecule has 15 heavy (non-hydrogen) atoms. The molecule has 0 aromatic heterocycles. The molecule has 1 atom stereocenters. The normalized spacial score (nSPS) is 22.3. The number of rotatable bonds is 5. The molecule has 1 aliphatic rings. The van der Waals surface area contributed by atoms with Crippen molar-refractivity contribution >= 4 is 5.97 Å². The number of aliphatic hydroxyl groups excluding tert-OH is 1. The van der Waals surface area contributed by atoms with Gasteiger partial charge in [0, 0.05) is 6.61 Å². The van der Waals surface area contributed by atoms with E-state index in [9.17, 15) is 9.90 Å². The van der Waals surface area contributed by atoms with Crippen molar-refractivity contribution in [3.8, 4) is 0 Å². The predicted octanol–water partition coefficient (Wildman–Crippen LogP) is 0.979. The van der Waals surface area contributed by atoms with Gasteiger partial charge in [0.05, 0.1) is 5.92 Å². The monoisotopic (exact) mass is 215 g/mol. The van der Waals surface area contributed by atoms with E-state index < -0.39 is 11.9 Å². The second kappa shape index (κ2) is 5.47. The van der Waals surface area contributed by atoms with Crippen LogP contribution in [0.25, 0.3) is 0 Å². The van der Waals surface area contributed by atoms with Crippen molar-refractivity contribution in [2.24, 2.45) is 17.1 Å². The second-order valence-corrected chi connectivity index (χ2v) is 4.53. The van der Waals surface area contributed by atoms with E-state index in [1.165, 1.54) is 6.42 Å². The maximum atomic E-state index is 11.2. The van der Waals surface area contributed by atoms with E-state index in [1.807, 2.05) is 0 Å². The van der Waals surface area contributed by atoms with Gasteiger partial charge < -0.3 is 15.9 Å². The van der Waals surface area contributed by atoms with E-state index in [-0.39, 0.29) is 12.0 Å². The molecule has 0 bridgehead atoms. The highest BCUT2D eigenvalue weighted by Gasteiger charge is 2.42. The van der Waals surface area contributed by atoms with Crippen molar-refractivity contribution in [1.82, 2.24) is 0 Å². The van der Waals surface area contributed by atoms with Gasteiger partial charge in [-0.3, -0.25) is 4.79 Å². The lowest BCUT2D eigenvalue weighted by Gasteiger charge is -2.40. The van der Waals surface area contributed by atoms with E-state index in [1.54, 1.807) is 0 Å². The Morgan fingerprint density at radius 1 is 1.33 bits per heavy atom. The zero-order valence-electron chi connectivity index (χ0n) is 9.11. The largest absolute Gasteiger partial charge is 0.481 e. The molecule has 0 radical (unpaired) electrons. The van der Waals surface area contributed by atoms with Gasteiger partial charge in [-0.05, 0) is 31.2 Å². The smallest absolute Gasteiger partial charge is 0.307 e. The van der Waals surface area contributed by atoms with Gasteiger partial charge in [0.2, 0.25) is 0 Å². The van der Waals surface area contributed by atoms with Crippen molar-refractivity contribution < 1.29 is 15.0 Å². The number of nitrogens with two attached hydrogens (primary N) is 1. The Kier molecular flexibility index (Phi) is 4.54. The van der Waals surface area contributed by atoms with Crippen LogP contribution in [0.4, 0.5) is 0 Å². The number of aliphatic hydroxyl groups is 1. The Balaban J connectivity index is 2.79. The van der Waals surface area contributed by atoms with E-state index in [0.29, 0.717) is 13.0 Å². The first-order valence-corrected chi connectivity index (χ1v) is 5.70. The van der Waals surface area contributed by atoms with Crippen molar-refractivity contribution in [2.45, 2.75) is 38.5 Å². The molecule has 0 heterocycles. The molecule has 0 aliphatic heterocycles. The Labute approximate surface area is 90.5 Å². The fourth-order valence-electron chi connectivity index (χ4n) is 2.77. The number of carboxylic acid groups (broad SMARTS) is 1. The minimum atomic E-state index is -0.809. The molecule has 1 fully saturated rings. The van der Waals surface area contributed by atoms with E-state index in [4.69, 9.17) is 10.8 Å². The van der Waals surface area contributed by atoms with Gasteiger partial charge in [0.1, 0.15) is 0 Å². The fraction of sp³-hybridized carbons (Fsp3) is 0.909. The van der Waals surface area contributed by atoms with Gasteiger partial charge in [-0.15, -0.1) is 0 Å². The average Bonchev–Trinajstić information content (AvgIpc) is 2.26. The van der Waals surface area contributed by atoms with Crippen LogP contribution in [-0.4, -0.2) is 29.3 Å².